The van der Waals surface area contributed by atoms with Crippen molar-refractivity contribution in [1.29, 1.82) is 0 Å². The van der Waals surface area contributed by atoms with E-state index in [2.05, 4.69) is 14.8 Å². The van der Waals surface area contributed by atoms with Gasteiger partial charge in [-0.05, 0) is 42.2 Å². The Hall–Kier alpha value is -2.67. The maximum Gasteiger partial charge on any atom is 0.264 e. The number of aryl methyl sites for hydroxylation is 2. The van der Waals surface area contributed by atoms with Crippen molar-refractivity contribution in [1.82, 2.24) is 14.8 Å². The van der Waals surface area contributed by atoms with Crippen molar-refractivity contribution in [3.8, 4) is 0 Å². The molecule has 3 rings (SSSR count). The summed E-state index contributed by atoms with van der Waals surface area (Å²) < 4.78 is 28.9. The number of benzene rings is 2. The van der Waals surface area contributed by atoms with Crippen LogP contribution in [0.2, 0.25) is 0 Å². The summed E-state index contributed by atoms with van der Waals surface area (Å²) in [6.07, 6.45) is 2.38. The number of hydrogen-bond donors (Lipinski definition) is 1. The van der Waals surface area contributed by atoms with Crippen LogP contribution in [0.5, 0.6) is 0 Å². The van der Waals surface area contributed by atoms with E-state index in [9.17, 15) is 8.42 Å². The quantitative estimate of drug-likeness (QED) is 0.736. The molecule has 1 heterocycles. The summed E-state index contributed by atoms with van der Waals surface area (Å²) in [4.78, 5) is 4.24. The second-order valence-corrected chi connectivity index (χ2v) is 7.48. The average molecular weight is 356 g/mol. The van der Waals surface area contributed by atoms with E-state index in [1.807, 2.05) is 38.1 Å². The molecule has 2 aromatic carbocycles. The van der Waals surface area contributed by atoms with E-state index in [0.29, 0.717) is 6.54 Å². The Balaban J connectivity index is 1.75. The van der Waals surface area contributed by atoms with Gasteiger partial charge in [-0.2, -0.15) is 4.98 Å². The lowest BCUT2D eigenvalue weighted by atomic mass is 10.1. The van der Waals surface area contributed by atoms with Crippen LogP contribution < -0.4 is 4.72 Å². The second kappa shape index (κ2) is 7.06. The molecule has 0 aliphatic carbocycles. The molecule has 3 aromatic rings. The minimum atomic E-state index is -3.69. The third-order valence-electron chi connectivity index (χ3n) is 4.00. The van der Waals surface area contributed by atoms with Crippen LogP contribution in [0.25, 0.3) is 0 Å². The summed E-state index contributed by atoms with van der Waals surface area (Å²) in [5.74, 6) is 0.0631. The number of anilines is 1. The minimum Gasteiger partial charge on any atom is -0.246 e. The zero-order valence-electron chi connectivity index (χ0n) is 14.2. The highest BCUT2D eigenvalue weighted by Gasteiger charge is 2.16. The first-order chi connectivity index (χ1) is 12.0. The van der Waals surface area contributed by atoms with Gasteiger partial charge in [0.15, 0.2) is 0 Å². The van der Waals surface area contributed by atoms with Gasteiger partial charge < -0.3 is 0 Å². The molecular weight excluding hydrogens is 336 g/mol. The van der Waals surface area contributed by atoms with Crippen LogP contribution in [-0.4, -0.2) is 23.2 Å². The summed E-state index contributed by atoms with van der Waals surface area (Å²) in [5, 5.41) is 4.21. The number of nitrogens with one attached hydrogen (secondary N) is 1. The molecule has 0 aliphatic heterocycles. The monoisotopic (exact) mass is 356 g/mol. The predicted octanol–water partition coefficient (Wildman–Crippen LogP) is 3.00. The van der Waals surface area contributed by atoms with Crippen LogP contribution in [0.3, 0.4) is 0 Å². The van der Waals surface area contributed by atoms with Crippen molar-refractivity contribution >= 4 is 16.0 Å². The van der Waals surface area contributed by atoms with Crippen molar-refractivity contribution in [2.75, 3.05) is 4.72 Å². The van der Waals surface area contributed by atoms with E-state index in [4.69, 9.17) is 0 Å². The third kappa shape index (κ3) is 4.06. The van der Waals surface area contributed by atoms with Gasteiger partial charge in [0.1, 0.15) is 6.33 Å². The molecule has 130 valence electrons. The molecule has 1 N–H and O–H groups in total. The molecule has 0 radical (unpaired) electrons. The first-order valence-electron chi connectivity index (χ1n) is 8.03. The van der Waals surface area contributed by atoms with E-state index in [1.54, 1.807) is 28.9 Å². The highest BCUT2D eigenvalue weighted by atomic mass is 32.2. The fraction of sp³-hybridized carbons (Fsp3) is 0.222. The van der Waals surface area contributed by atoms with Gasteiger partial charge in [0.05, 0.1) is 11.4 Å². The van der Waals surface area contributed by atoms with Crippen LogP contribution in [0.4, 0.5) is 5.95 Å². The maximum absolute atomic E-state index is 12.4. The zero-order chi connectivity index (χ0) is 17.9. The fourth-order valence-corrected chi connectivity index (χ4v) is 3.41. The molecule has 0 aliphatic rings. The summed E-state index contributed by atoms with van der Waals surface area (Å²) in [5.41, 5.74) is 3.34. The Bertz CT molecular complexity index is 963. The topological polar surface area (TPSA) is 76.9 Å². The molecule has 0 saturated carbocycles. The van der Waals surface area contributed by atoms with Crippen molar-refractivity contribution in [2.45, 2.75) is 31.7 Å². The smallest absolute Gasteiger partial charge is 0.246 e. The number of nitrogens with zero attached hydrogens (tertiary/aromatic N) is 3. The van der Waals surface area contributed by atoms with Crippen LogP contribution in [-0.2, 0) is 23.0 Å². The molecule has 0 spiro atoms. The van der Waals surface area contributed by atoms with Crippen LogP contribution in [0.15, 0.2) is 59.8 Å². The Labute approximate surface area is 147 Å². The molecule has 0 atom stereocenters. The SMILES string of the molecule is CCc1ccc(S(=O)(=O)Nc2ncn(Cc3ccccc3C)n2)cc1. The predicted molar refractivity (Wildman–Crippen MR) is 96.9 cm³/mol. The maximum atomic E-state index is 12.4. The zero-order valence-corrected chi connectivity index (χ0v) is 15.0. The minimum absolute atomic E-state index is 0.0631. The first-order valence-corrected chi connectivity index (χ1v) is 9.52. The first kappa shape index (κ1) is 17.2. The molecule has 7 heteroatoms. The average Bonchev–Trinajstić information content (AvgIpc) is 3.03. The lowest BCUT2D eigenvalue weighted by Gasteiger charge is -2.06. The van der Waals surface area contributed by atoms with Crippen LogP contribution in [0.1, 0.15) is 23.6 Å². The molecule has 25 heavy (non-hydrogen) atoms. The molecule has 0 bridgehead atoms. The highest BCUT2D eigenvalue weighted by molar-refractivity contribution is 7.92. The largest absolute Gasteiger partial charge is 0.264 e. The van der Waals surface area contributed by atoms with E-state index in [1.165, 1.54) is 6.33 Å². The fourth-order valence-electron chi connectivity index (χ4n) is 2.46. The number of sulfonamides is 1. The lowest BCUT2D eigenvalue weighted by molar-refractivity contribution is 0.600. The Morgan fingerprint density at radius 1 is 1.08 bits per heavy atom. The van der Waals surface area contributed by atoms with Gasteiger partial charge >= 0.3 is 0 Å². The van der Waals surface area contributed by atoms with E-state index in [0.717, 1.165) is 23.1 Å². The molecule has 6 nitrogen and oxygen atoms in total. The van der Waals surface area contributed by atoms with Gasteiger partial charge in [-0.15, -0.1) is 5.10 Å². The number of rotatable bonds is 6. The molecule has 0 unspecified atom stereocenters. The molecule has 0 fully saturated rings. The van der Waals surface area contributed by atoms with E-state index >= 15 is 0 Å². The Morgan fingerprint density at radius 2 is 1.80 bits per heavy atom. The van der Waals surface area contributed by atoms with Gasteiger partial charge in [-0.25, -0.2) is 17.8 Å². The Kier molecular flexibility index (Phi) is 4.85. The van der Waals surface area contributed by atoms with Crippen LogP contribution in [0, 0.1) is 6.92 Å². The van der Waals surface area contributed by atoms with Gasteiger partial charge in [0.2, 0.25) is 0 Å². The van der Waals surface area contributed by atoms with E-state index in [-0.39, 0.29) is 10.8 Å². The lowest BCUT2D eigenvalue weighted by Crippen LogP contribution is -2.14. The molecule has 0 saturated heterocycles. The van der Waals surface area contributed by atoms with Crippen LogP contribution >= 0.6 is 0 Å². The van der Waals surface area contributed by atoms with Crippen molar-refractivity contribution in [3.05, 3.63) is 71.5 Å². The highest BCUT2D eigenvalue weighted by Crippen LogP contribution is 2.15. The summed E-state index contributed by atoms with van der Waals surface area (Å²) >= 11 is 0. The molecular formula is C18H20N4O2S. The number of hydrogen-bond acceptors (Lipinski definition) is 4. The van der Waals surface area contributed by atoms with Crippen molar-refractivity contribution < 1.29 is 8.42 Å². The van der Waals surface area contributed by atoms with Gasteiger partial charge in [-0.3, -0.25) is 0 Å². The molecule has 1 aromatic heterocycles. The summed E-state index contributed by atoms with van der Waals surface area (Å²) in [6.45, 7) is 4.58. The number of aromatic nitrogens is 3. The van der Waals surface area contributed by atoms with Crippen molar-refractivity contribution in [3.63, 3.8) is 0 Å². The summed E-state index contributed by atoms with van der Waals surface area (Å²) in [7, 11) is -3.69. The van der Waals surface area contributed by atoms with Gasteiger partial charge in [-0.1, -0.05) is 43.3 Å². The Morgan fingerprint density at radius 3 is 2.48 bits per heavy atom. The van der Waals surface area contributed by atoms with Gasteiger partial charge in [0, 0.05) is 0 Å². The van der Waals surface area contributed by atoms with Crippen molar-refractivity contribution in [2.24, 2.45) is 0 Å². The van der Waals surface area contributed by atoms with Gasteiger partial charge in [0.25, 0.3) is 16.0 Å². The second-order valence-electron chi connectivity index (χ2n) is 5.80. The molecule has 0 amide bonds. The third-order valence-corrected chi connectivity index (χ3v) is 5.34. The summed E-state index contributed by atoms with van der Waals surface area (Å²) in [6, 6.07) is 14.8. The standard InChI is InChI=1S/C18H20N4O2S/c1-3-15-8-10-17(11-9-15)25(23,24)21-18-19-13-22(20-18)12-16-7-5-4-6-14(16)2/h4-11,13H,3,12H2,1-2H3,(H,20,21). The van der Waals surface area contributed by atoms with E-state index < -0.39 is 10.0 Å². The normalized spacial score (nSPS) is 11.4.